The van der Waals surface area contributed by atoms with Crippen molar-refractivity contribution in [3.8, 4) is 0 Å². The second-order valence-electron chi connectivity index (χ2n) is 7.76. The molecular formula is C19H23F3N4O3S. The highest BCUT2D eigenvalue weighted by atomic mass is 32.2. The maximum atomic E-state index is 13.2. The summed E-state index contributed by atoms with van der Waals surface area (Å²) in [5.41, 5.74) is -0.341. The minimum Gasteiger partial charge on any atom is -0.292 e. The lowest BCUT2D eigenvalue weighted by Crippen LogP contribution is -2.39. The van der Waals surface area contributed by atoms with Gasteiger partial charge in [-0.15, -0.1) is 0 Å². The average Bonchev–Trinajstić information content (AvgIpc) is 3.27. The van der Waals surface area contributed by atoms with E-state index in [0.717, 1.165) is 11.0 Å². The second kappa shape index (κ2) is 7.93. The van der Waals surface area contributed by atoms with Gasteiger partial charge in [0.25, 0.3) is 5.56 Å². The zero-order valence-electron chi connectivity index (χ0n) is 16.3. The molecule has 0 amide bonds. The number of rotatable bonds is 5. The Labute approximate surface area is 172 Å². The maximum absolute atomic E-state index is 13.2. The van der Waals surface area contributed by atoms with Crippen LogP contribution in [0, 0.1) is 0 Å². The molecule has 1 aromatic heterocycles. The third kappa shape index (κ3) is 4.23. The lowest BCUT2D eigenvalue weighted by Gasteiger charge is -2.28. The van der Waals surface area contributed by atoms with Crippen LogP contribution in [0.5, 0.6) is 0 Å². The quantitative estimate of drug-likeness (QED) is 0.706. The molecule has 4 rings (SSSR count). The van der Waals surface area contributed by atoms with Crippen LogP contribution in [-0.2, 0) is 16.6 Å². The molecule has 0 N–H and O–H groups in total. The predicted octanol–water partition coefficient (Wildman–Crippen LogP) is 2.13. The Hall–Kier alpha value is -1.98. The van der Waals surface area contributed by atoms with Crippen LogP contribution < -0.4 is 5.56 Å². The summed E-state index contributed by atoms with van der Waals surface area (Å²) in [7, 11) is -3.24. The fourth-order valence-corrected chi connectivity index (χ4v) is 5.86. The molecule has 11 heteroatoms. The van der Waals surface area contributed by atoms with Crippen LogP contribution in [0.1, 0.15) is 31.1 Å². The standard InChI is InChI=1S/C19H23F3N4O3S/c20-19(21,22)13-26-17(23-15-6-2-1-5-14(15)18(26)27)16-7-3-8-24(16)10-11-25-9-4-12-30(25,28)29/h1-2,5-6,16H,3-4,7-13H2. The van der Waals surface area contributed by atoms with E-state index in [2.05, 4.69) is 4.98 Å². The van der Waals surface area contributed by atoms with Gasteiger partial charge < -0.3 is 0 Å². The molecule has 2 fully saturated rings. The number of para-hydroxylation sites is 1. The van der Waals surface area contributed by atoms with Gasteiger partial charge >= 0.3 is 6.18 Å². The van der Waals surface area contributed by atoms with E-state index in [-0.39, 0.29) is 23.5 Å². The number of aromatic nitrogens is 2. The van der Waals surface area contributed by atoms with Gasteiger partial charge in [-0.2, -0.15) is 13.2 Å². The number of hydrogen-bond acceptors (Lipinski definition) is 5. The molecule has 7 nitrogen and oxygen atoms in total. The van der Waals surface area contributed by atoms with Crippen molar-refractivity contribution < 1.29 is 21.6 Å². The van der Waals surface area contributed by atoms with Gasteiger partial charge in [-0.25, -0.2) is 17.7 Å². The Morgan fingerprint density at radius 2 is 1.87 bits per heavy atom. The van der Waals surface area contributed by atoms with E-state index in [0.29, 0.717) is 38.0 Å². The lowest BCUT2D eigenvalue weighted by atomic mass is 10.1. The number of nitrogens with zero attached hydrogens (tertiary/aromatic N) is 4. The van der Waals surface area contributed by atoms with E-state index >= 15 is 0 Å². The number of fused-ring (bicyclic) bond motifs is 1. The number of sulfonamides is 1. The monoisotopic (exact) mass is 444 g/mol. The van der Waals surface area contributed by atoms with Gasteiger partial charge in [0.2, 0.25) is 10.0 Å². The molecule has 0 radical (unpaired) electrons. The van der Waals surface area contributed by atoms with E-state index < -0.39 is 34.3 Å². The summed E-state index contributed by atoms with van der Waals surface area (Å²) < 4.78 is 66.0. The van der Waals surface area contributed by atoms with Gasteiger partial charge in [0.05, 0.1) is 22.7 Å². The highest BCUT2D eigenvalue weighted by Crippen LogP contribution is 2.32. The average molecular weight is 444 g/mol. The Morgan fingerprint density at radius 3 is 2.57 bits per heavy atom. The van der Waals surface area contributed by atoms with E-state index in [1.165, 1.54) is 10.4 Å². The molecule has 0 spiro atoms. The highest BCUT2D eigenvalue weighted by molar-refractivity contribution is 7.89. The summed E-state index contributed by atoms with van der Waals surface area (Å²) in [4.78, 5) is 19.3. The van der Waals surface area contributed by atoms with Gasteiger partial charge in [0.15, 0.2) is 0 Å². The number of alkyl halides is 3. The first-order valence-corrected chi connectivity index (χ1v) is 11.5. The van der Waals surface area contributed by atoms with Crippen LogP contribution in [0.25, 0.3) is 10.9 Å². The van der Waals surface area contributed by atoms with Crippen molar-refractivity contribution in [3.05, 3.63) is 40.4 Å². The molecule has 2 aliphatic heterocycles. The van der Waals surface area contributed by atoms with Crippen LogP contribution in [0.15, 0.2) is 29.1 Å². The molecule has 2 aromatic rings. The highest BCUT2D eigenvalue weighted by Gasteiger charge is 2.36. The Bertz CT molecular complexity index is 1100. The van der Waals surface area contributed by atoms with E-state index in [1.54, 1.807) is 18.2 Å². The maximum Gasteiger partial charge on any atom is 0.406 e. The molecular weight excluding hydrogens is 421 g/mol. The molecule has 30 heavy (non-hydrogen) atoms. The molecule has 2 aliphatic rings. The normalized spacial score (nSPS) is 22.8. The van der Waals surface area contributed by atoms with Gasteiger partial charge in [0.1, 0.15) is 12.4 Å². The SMILES string of the molecule is O=c1c2ccccc2nc(C2CCCN2CCN2CCCS2(=O)=O)n1CC(F)(F)F. The van der Waals surface area contributed by atoms with Gasteiger partial charge in [-0.3, -0.25) is 14.3 Å². The first-order valence-electron chi connectivity index (χ1n) is 9.94. The summed E-state index contributed by atoms with van der Waals surface area (Å²) in [5.74, 6) is 0.228. The van der Waals surface area contributed by atoms with Crippen molar-refractivity contribution in [2.75, 3.05) is 31.9 Å². The van der Waals surface area contributed by atoms with Gasteiger partial charge in [-0.05, 0) is 37.9 Å². The zero-order valence-corrected chi connectivity index (χ0v) is 17.1. The summed E-state index contributed by atoms with van der Waals surface area (Å²) in [6.45, 7) is 0.361. The third-order valence-corrected chi connectivity index (χ3v) is 7.69. The second-order valence-corrected chi connectivity index (χ2v) is 9.84. The van der Waals surface area contributed by atoms with Crippen molar-refractivity contribution in [2.45, 2.75) is 38.0 Å². The largest absolute Gasteiger partial charge is 0.406 e. The van der Waals surface area contributed by atoms with E-state index in [1.807, 2.05) is 4.90 Å². The lowest BCUT2D eigenvalue weighted by molar-refractivity contribution is -0.142. The topological polar surface area (TPSA) is 75.5 Å². The molecule has 0 bridgehead atoms. The Morgan fingerprint density at radius 1 is 1.10 bits per heavy atom. The summed E-state index contributed by atoms with van der Waals surface area (Å²) in [6.07, 6.45) is -2.67. The third-order valence-electron chi connectivity index (χ3n) is 5.73. The fourth-order valence-electron chi connectivity index (χ4n) is 4.34. The molecule has 1 atom stereocenters. The first kappa shape index (κ1) is 21.3. The number of benzene rings is 1. The molecule has 1 unspecified atom stereocenters. The fraction of sp³-hybridized carbons (Fsp3) is 0.579. The van der Waals surface area contributed by atoms with Crippen molar-refractivity contribution in [2.24, 2.45) is 0 Å². The number of halogens is 3. The minimum absolute atomic E-state index is 0.0952. The molecule has 0 saturated carbocycles. The van der Waals surface area contributed by atoms with Gasteiger partial charge in [0, 0.05) is 19.6 Å². The zero-order chi connectivity index (χ0) is 21.5. The minimum atomic E-state index is -4.56. The molecule has 1 aromatic carbocycles. The predicted molar refractivity (Wildman–Crippen MR) is 106 cm³/mol. The summed E-state index contributed by atoms with van der Waals surface area (Å²) >= 11 is 0. The van der Waals surface area contributed by atoms with Crippen LogP contribution >= 0.6 is 0 Å². The molecule has 0 aliphatic carbocycles. The van der Waals surface area contributed by atoms with Crippen molar-refractivity contribution >= 4 is 20.9 Å². The molecule has 2 saturated heterocycles. The van der Waals surface area contributed by atoms with Crippen molar-refractivity contribution in [3.63, 3.8) is 0 Å². The van der Waals surface area contributed by atoms with Crippen LogP contribution in [0.2, 0.25) is 0 Å². The van der Waals surface area contributed by atoms with Crippen LogP contribution in [0.4, 0.5) is 13.2 Å². The molecule has 164 valence electrons. The van der Waals surface area contributed by atoms with Crippen LogP contribution in [0.3, 0.4) is 0 Å². The van der Waals surface area contributed by atoms with E-state index in [9.17, 15) is 26.4 Å². The van der Waals surface area contributed by atoms with Gasteiger partial charge in [-0.1, -0.05) is 12.1 Å². The number of likely N-dealkylation sites (tertiary alicyclic amines) is 1. The van der Waals surface area contributed by atoms with Crippen molar-refractivity contribution in [1.82, 2.24) is 18.8 Å². The smallest absolute Gasteiger partial charge is 0.292 e. The van der Waals surface area contributed by atoms with Crippen molar-refractivity contribution in [1.29, 1.82) is 0 Å². The summed E-state index contributed by atoms with van der Waals surface area (Å²) in [6, 6.07) is 5.92. The van der Waals surface area contributed by atoms with E-state index in [4.69, 9.17) is 0 Å². The first-order chi connectivity index (χ1) is 14.2. The van der Waals surface area contributed by atoms with Crippen LogP contribution in [-0.4, -0.2) is 65.3 Å². The molecule has 3 heterocycles. The number of hydrogen-bond donors (Lipinski definition) is 0. The Kier molecular flexibility index (Phi) is 5.62. The summed E-state index contributed by atoms with van der Waals surface area (Å²) in [5, 5.41) is 0.151. The Balaban J connectivity index is 1.68.